The van der Waals surface area contributed by atoms with Gasteiger partial charge in [0.15, 0.2) is 0 Å². The fraction of sp³-hybridized carbons (Fsp3) is 0.259. The maximum atomic E-state index is 15.9. The van der Waals surface area contributed by atoms with E-state index in [1.807, 2.05) is 30.3 Å². The van der Waals surface area contributed by atoms with Gasteiger partial charge in [0.25, 0.3) is 0 Å². The highest BCUT2D eigenvalue weighted by Crippen LogP contribution is 2.57. The van der Waals surface area contributed by atoms with E-state index in [2.05, 4.69) is 31.7 Å². The Balaban J connectivity index is 1.83. The van der Waals surface area contributed by atoms with Gasteiger partial charge in [0.1, 0.15) is 11.6 Å². The number of nitrogens with two attached hydrogens (primary N) is 1. The Bertz CT molecular complexity index is 1250. The summed E-state index contributed by atoms with van der Waals surface area (Å²) >= 11 is 10.8. The van der Waals surface area contributed by atoms with Crippen LogP contribution in [0.3, 0.4) is 0 Å². The van der Waals surface area contributed by atoms with Crippen molar-refractivity contribution >= 4 is 29.9 Å². The molecule has 0 spiro atoms. The van der Waals surface area contributed by atoms with Crippen LogP contribution in [0, 0.1) is 11.6 Å². The molecule has 0 saturated carbocycles. The van der Waals surface area contributed by atoms with Crippen LogP contribution in [0.4, 0.5) is 8.78 Å². The Hall–Kier alpha value is -2.30. The van der Waals surface area contributed by atoms with Crippen molar-refractivity contribution in [3.05, 3.63) is 99.1 Å². The van der Waals surface area contributed by atoms with E-state index in [0.717, 1.165) is 23.1 Å². The lowest BCUT2D eigenvalue weighted by Gasteiger charge is -2.31. The number of rotatable bonds is 4. The molecule has 0 bridgehead atoms. The lowest BCUT2D eigenvalue weighted by Crippen LogP contribution is -2.26. The molecule has 0 amide bonds. The Morgan fingerprint density at radius 3 is 2.59 bits per heavy atom. The number of halogens is 3. The lowest BCUT2D eigenvalue weighted by atomic mass is 9.72. The van der Waals surface area contributed by atoms with Crippen molar-refractivity contribution < 1.29 is 8.78 Å². The number of benzene rings is 3. The van der Waals surface area contributed by atoms with Gasteiger partial charge in [-0.15, -0.1) is 0 Å². The van der Waals surface area contributed by atoms with E-state index in [-0.39, 0.29) is 22.2 Å². The molecule has 3 aromatic carbocycles. The van der Waals surface area contributed by atoms with Crippen molar-refractivity contribution in [3.63, 3.8) is 0 Å². The smallest absolute Gasteiger partial charge is 0.142 e. The molecule has 5 rings (SSSR count). The predicted octanol–water partition coefficient (Wildman–Crippen LogP) is 7.06. The molecule has 2 aliphatic carbocycles. The van der Waals surface area contributed by atoms with Crippen LogP contribution in [0.15, 0.2) is 54.6 Å². The van der Waals surface area contributed by atoms with E-state index in [4.69, 9.17) is 17.3 Å². The molecular weight excluding hydrogens is 444 g/mol. The number of hydrogen-bond acceptors (Lipinski definition) is 2. The van der Waals surface area contributed by atoms with Crippen LogP contribution in [-0.2, 0) is 18.3 Å². The van der Waals surface area contributed by atoms with Crippen molar-refractivity contribution in [3.8, 4) is 11.1 Å². The lowest BCUT2D eigenvalue weighted by molar-refractivity contribution is 0.459. The largest absolute Gasteiger partial charge is 0.398 e. The highest BCUT2D eigenvalue weighted by atomic mass is 35.5. The Morgan fingerprint density at radius 2 is 1.88 bits per heavy atom. The number of aryl methyl sites for hydroxylation is 1. The molecule has 1 nitrogen and oxygen atoms in total. The molecule has 0 radical (unpaired) electrons. The molecule has 0 fully saturated rings. The number of hydrogen-bond donors (Lipinski definition) is 2. The zero-order valence-electron chi connectivity index (χ0n) is 17.8. The SMILES string of the molecule is CC1(c2ccccc2)Cc2cc(F)c(Cl)c3c2C1C=C(N)c1ccc(CCCS)c(F)c1-3. The maximum absolute atomic E-state index is 15.9. The summed E-state index contributed by atoms with van der Waals surface area (Å²) in [5, 5.41) is -0.0411. The topological polar surface area (TPSA) is 26.0 Å². The van der Waals surface area contributed by atoms with Crippen LogP contribution in [0.25, 0.3) is 16.8 Å². The van der Waals surface area contributed by atoms with Gasteiger partial charge in [-0.3, -0.25) is 0 Å². The molecule has 2 atom stereocenters. The average Bonchev–Trinajstić information content (AvgIpc) is 2.97. The summed E-state index contributed by atoms with van der Waals surface area (Å²) in [5.74, 6) is -0.389. The second-order valence-electron chi connectivity index (χ2n) is 8.97. The minimum atomic E-state index is -0.525. The van der Waals surface area contributed by atoms with E-state index in [9.17, 15) is 0 Å². The van der Waals surface area contributed by atoms with E-state index < -0.39 is 5.82 Å². The van der Waals surface area contributed by atoms with Gasteiger partial charge in [-0.25, -0.2) is 8.78 Å². The van der Waals surface area contributed by atoms with Crippen LogP contribution < -0.4 is 5.73 Å². The minimum Gasteiger partial charge on any atom is -0.398 e. The van der Waals surface area contributed by atoms with Gasteiger partial charge in [-0.1, -0.05) is 67.1 Å². The standard InChI is InChI=1S/C27H24ClF2NS/c1-27(17-7-3-2-4-8-17)14-16-12-20(29)25(28)24-22(16)19(27)13-21(31)18-10-9-15(6-5-11-32)26(30)23(18)24/h2-4,7-10,12-13,19,32H,5-6,11,14,31H2,1H3. The summed E-state index contributed by atoms with van der Waals surface area (Å²) in [4.78, 5) is 0. The number of fused-ring (bicyclic) bond motifs is 2. The summed E-state index contributed by atoms with van der Waals surface area (Å²) in [7, 11) is 0. The summed E-state index contributed by atoms with van der Waals surface area (Å²) < 4.78 is 31.0. The molecule has 32 heavy (non-hydrogen) atoms. The first-order chi connectivity index (χ1) is 15.4. The molecular formula is C27H24ClF2NS. The van der Waals surface area contributed by atoms with Crippen molar-refractivity contribution in [2.45, 2.75) is 37.5 Å². The zero-order chi connectivity index (χ0) is 22.6. The highest BCUT2D eigenvalue weighted by molar-refractivity contribution is 7.80. The van der Waals surface area contributed by atoms with Crippen LogP contribution in [0.5, 0.6) is 0 Å². The third kappa shape index (κ3) is 3.11. The average molecular weight is 468 g/mol. The first-order valence-electron chi connectivity index (χ1n) is 10.8. The quantitative estimate of drug-likeness (QED) is 0.395. The zero-order valence-corrected chi connectivity index (χ0v) is 19.4. The highest BCUT2D eigenvalue weighted by Gasteiger charge is 2.46. The third-order valence-corrected chi connectivity index (χ3v) is 7.75. The van der Waals surface area contributed by atoms with Crippen LogP contribution in [0.1, 0.15) is 47.1 Å². The second-order valence-corrected chi connectivity index (χ2v) is 9.79. The Morgan fingerprint density at radius 1 is 1.12 bits per heavy atom. The first kappa shape index (κ1) is 21.5. The maximum Gasteiger partial charge on any atom is 0.142 e. The van der Waals surface area contributed by atoms with Gasteiger partial charge in [-0.05, 0) is 53.3 Å². The van der Waals surface area contributed by atoms with Crippen LogP contribution in [-0.4, -0.2) is 5.75 Å². The monoisotopic (exact) mass is 467 g/mol. The fourth-order valence-electron chi connectivity index (χ4n) is 5.47. The van der Waals surface area contributed by atoms with Crippen molar-refractivity contribution in [1.29, 1.82) is 0 Å². The van der Waals surface area contributed by atoms with Gasteiger partial charge in [0, 0.05) is 33.7 Å². The molecule has 0 heterocycles. The van der Waals surface area contributed by atoms with E-state index >= 15 is 8.78 Å². The summed E-state index contributed by atoms with van der Waals surface area (Å²) in [6.07, 6.45) is 3.92. The summed E-state index contributed by atoms with van der Waals surface area (Å²) in [6.45, 7) is 2.16. The van der Waals surface area contributed by atoms with Gasteiger partial charge < -0.3 is 5.73 Å². The fourth-order valence-corrected chi connectivity index (χ4v) is 5.88. The van der Waals surface area contributed by atoms with Gasteiger partial charge >= 0.3 is 0 Å². The first-order valence-corrected chi connectivity index (χ1v) is 11.8. The molecule has 3 aromatic rings. The normalized spacial score (nSPS) is 21.0. The number of allylic oxidation sites excluding steroid dienone is 1. The van der Waals surface area contributed by atoms with Crippen molar-refractivity contribution in [2.75, 3.05) is 5.75 Å². The molecule has 164 valence electrons. The van der Waals surface area contributed by atoms with E-state index in [0.29, 0.717) is 46.5 Å². The third-order valence-electron chi connectivity index (χ3n) is 7.07. The van der Waals surface area contributed by atoms with E-state index in [1.165, 1.54) is 6.07 Å². The summed E-state index contributed by atoms with van der Waals surface area (Å²) in [6, 6.07) is 15.3. The predicted molar refractivity (Wildman–Crippen MR) is 131 cm³/mol. The molecule has 5 heteroatoms. The molecule has 2 N–H and O–H groups in total. The molecule has 2 unspecified atom stereocenters. The second kappa shape index (κ2) is 7.93. The van der Waals surface area contributed by atoms with Crippen molar-refractivity contribution in [1.82, 2.24) is 0 Å². The molecule has 0 saturated heterocycles. The molecule has 0 aliphatic heterocycles. The van der Waals surface area contributed by atoms with Crippen LogP contribution >= 0.6 is 24.2 Å². The van der Waals surface area contributed by atoms with Crippen molar-refractivity contribution in [2.24, 2.45) is 5.73 Å². The molecule has 0 aromatic heterocycles. The van der Waals surface area contributed by atoms with Gasteiger partial charge in [0.2, 0.25) is 0 Å². The Kier molecular flexibility index (Phi) is 5.34. The van der Waals surface area contributed by atoms with Gasteiger partial charge in [-0.2, -0.15) is 12.6 Å². The minimum absolute atomic E-state index is 0.0411. The molecule has 2 aliphatic rings. The van der Waals surface area contributed by atoms with E-state index in [1.54, 1.807) is 6.07 Å². The Labute approximate surface area is 197 Å². The summed E-state index contributed by atoms with van der Waals surface area (Å²) in [5.41, 5.74) is 11.5. The van der Waals surface area contributed by atoms with Gasteiger partial charge in [0.05, 0.1) is 5.02 Å². The van der Waals surface area contributed by atoms with Crippen LogP contribution in [0.2, 0.25) is 5.02 Å². The number of thiol groups is 1.